The summed E-state index contributed by atoms with van der Waals surface area (Å²) in [6, 6.07) is 3.61. The molecule has 0 fully saturated rings. The summed E-state index contributed by atoms with van der Waals surface area (Å²) in [6.07, 6.45) is 2.18. The summed E-state index contributed by atoms with van der Waals surface area (Å²) in [4.78, 5) is 4.05. The molecule has 78 valence electrons. The molecule has 0 radical (unpaired) electrons. The molecule has 3 heteroatoms. The van der Waals surface area contributed by atoms with Gasteiger partial charge in [0.25, 0.3) is 0 Å². The molecule has 0 aromatic carbocycles. The van der Waals surface area contributed by atoms with Gasteiger partial charge in [0.05, 0.1) is 13.2 Å². The number of nitrogens with zero attached hydrogens (tertiary/aromatic N) is 1. The van der Waals surface area contributed by atoms with Crippen molar-refractivity contribution in [2.45, 2.75) is 26.4 Å². The van der Waals surface area contributed by atoms with Gasteiger partial charge in [-0.3, -0.25) is 0 Å². The van der Waals surface area contributed by atoms with Gasteiger partial charge in [-0.15, -0.1) is 0 Å². The maximum Gasteiger partial charge on any atom is 0.212 e. The second-order valence-corrected chi connectivity index (χ2v) is 3.46. The van der Waals surface area contributed by atoms with Crippen LogP contribution >= 0.6 is 0 Å². The first-order valence-corrected chi connectivity index (χ1v) is 4.87. The number of ether oxygens (including phenoxy) is 1. The van der Waals surface area contributed by atoms with Crippen LogP contribution in [0.3, 0.4) is 0 Å². The highest BCUT2D eigenvalue weighted by Crippen LogP contribution is 2.24. The second kappa shape index (κ2) is 4.96. The largest absolute Gasteiger partial charge is 0.481 e. The Bertz CT molecular complexity index is 271. The molecule has 0 amide bonds. The number of hydrogen-bond acceptors (Lipinski definition) is 3. The van der Waals surface area contributed by atoms with E-state index in [1.54, 1.807) is 19.4 Å². The third-order valence-corrected chi connectivity index (χ3v) is 2.49. The topological polar surface area (TPSA) is 42.4 Å². The Hall–Kier alpha value is -1.09. The molecule has 0 spiro atoms. The lowest BCUT2D eigenvalue weighted by atomic mass is 9.97. The van der Waals surface area contributed by atoms with Gasteiger partial charge < -0.3 is 9.84 Å². The van der Waals surface area contributed by atoms with Crippen molar-refractivity contribution in [3.63, 3.8) is 0 Å². The van der Waals surface area contributed by atoms with Gasteiger partial charge in [0.1, 0.15) is 0 Å². The molecule has 0 aliphatic heterocycles. The van der Waals surface area contributed by atoms with Crippen molar-refractivity contribution in [1.29, 1.82) is 0 Å². The van der Waals surface area contributed by atoms with E-state index in [1.165, 1.54) is 0 Å². The van der Waals surface area contributed by atoms with E-state index < -0.39 is 6.10 Å². The molecule has 2 unspecified atom stereocenters. The lowest BCUT2D eigenvalue weighted by molar-refractivity contribution is 0.115. The zero-order chi connectivity index (χ0) is 10.6. The predicted molar refractivity (Wildman–Crippen MR) is 55.2 cm³/mol. The van der Waals surface area contributed by atoms with Gasteiger partial charge in [-0.25, -0.2) is 4.98 Å². The SMILES string of the molecule is CCC(C)C(O)c1ccc(OC)nc1. The van der Waals surface area contributed by atoms with E-state index in [4.69, 9.17) is 4.74 Å². The van der Waals surface area contributed by atoms with Gasteiger partial charge in [0.2, 0.25) is 5.88 Å². The Morgan fingerprint density at radius 1 is 1.50 bits per heavy atom. The minimum atomic E-state index is -0.432. The van der Waals surface area contributed by atoms with Crippen molar-refractivity contribution in [1.82, 2.24) is 4.98 Å². The minimum Gasteiger partial charge on any atom is -0.481 e. The van der Waals surface area contributed by atoms with Crippen molar-refractivity contribution in [2.24, 2.45) is 5.92 Å². The maximum absolute atomic E-state index is 9.87. The second-order valence-electron chi connectivity index (χ2n) is 3.46. The van der Waals surface area contributed by atoms with E-state index in [9.17, 15) is 5.11 Å². The van der Waals surface area contributed by atoms with Gasteiger partial charge in [-0.05, 0) is 17.5 Å². The third-order valence-electron chi connectivity index (χ3n) is 2.49. The fraction of sp³-hybridized carbons (Fsp3) is 0.545. The smallest absolute Gasteiger partial charge is 0.212 e. The molecule has 1 aromatic rings. The summed E-state index contributed by atoms with van der Waals surface area (Å²) in [5, 5.41) is 9.87. The molecular weight excluding hydrogens is 178 g/mol. The molecule has 3 nitrogen and oxygen atoms in total. The van der Waals surface area contributed by atoms with Crippen LogP contribution in [0.1, 0.15) is 31.9 Å². The van der Waals surface area contributed by atoms with Gasteiger partial charge >= 0.3 is 0 Å². The van der Waals surface area contributed by atoms with E-state index in [2.05, 4.69) is 11.9 Å². The average Bonchev–Trinajstić information content (AvgIpc) is 2.27. The summed E-state index contributed by atoms with van der Waals surface area (Å²) in [6.45, 7) is 4.08. The molecule has 0 aliphatic rings. The molecule has 2 atom stereocenters. The van der Waals surface area contributed by atoms with Crippen molar-refractivity contribution in [3.05, 3.63) is 23.9 Å². The summed E-state index contributed by atoms with van der Waals surface area (Å²) >= 11 is 0. The maximum atomic E-state index is 9.87. The Morgan fingerprint density at radius 2 is 2.21 bits per heavy atom. The Kier molecular flexibility index (Phi) is 3.89. The predicted octanol–water partition coefficient (Wildman–Crippen LogP) is 2.17. The average molecular weight is 195 g/mol. The van der Waals surface area contributed by atoms with Gasteiger partial charge in [0.15, 0.2) is 0 Å². The van der Waals surface area contributed by atoms with Crippen molar-refractivity contribution < 1.29 is 9.84 Å². The molecule has 1 aromatic heterocycles. The van der Waals surface area contributed by atoms with Crippen LogP contribution in [0.2, 0.25) is 0 Å². The number of rotatable bonds is 4. The Balaban J connectivity index is 2.75. The number of aliphatic hydroxyl groups is 1. The van der Waals surface area contributed by atoms with Crippen molar-refractivity contribution in [2.75, 3.05) is 7.11 Å². The van der Waals surface area contributed by atoms with Crippen LogP contribution in [-0.4, -0.2) is 17.2 Å². The van der Waals surface area contributed by atoms with Gasteiger partial charge in [0, 0.05) is 12.3 Å². The van der Waals surface area contributed by atoms with Crippen LogP contribution in [0.15, 0.2) is 18.3 Å². The molecule has 1 N–H and O–H groups in total. The van der Waals surface area contributed by atoms with Crippen LogP contribution in [0.5, 0.6) is 5.88 Å². The zero-order valence-corrected chi connectivity index (χ0v) is 8.90. The normalized spacial score (nSPS) is 14.9. The molecule has 14 heavy (non-hydrogen) atoms. The first kappa shape index (κ1) is 11.0. The standard InChI is InChI=1S/C11H17NO2/c1-4-8(2)11(13)9-5-6-10(14-3)12-7-9/h5-8,11,13H,4H2,1-3H3. The van der Waals surface area contributed by atoms with Crippen molar-refractivity contribution in [3.8, 4) is 5.88 Å². The number of methoxy groups -OCH3 is 1. The van der Waals surface area contributed by atoms with E-state index in [0.717, 1.165) is 12.0 Å². The molecule has 1 heterocycles. The quantitative estimate of drug-likeness (QED) is 0.800. The van der Waals surface area contributed by atoms with E-state index in [1.807, 2.05) is 13.0 Å². The Labute approximate surface area is 84.7 Å². The Morgan fingerprint density at radius 3 is 2.64 bits per heavy atom. The van der Waals surface area contributed by atoms with Crippen LogP contribution < -0.4 is 4.74 Å². The first-order chi connectivity index (χ1) is 6.69. The van der Waals surface area contributed by atoms with Gasteiger partial charge in [-0.1, -0.05) is 20.3 Å². The summed E-state index contributed by atoms with van der Waals surface area (Å²) in [5.41, 5.74) is 0.847. The summed E-state index contributed by atoms with van der Waals surface area (Å²) in [5.74, 6) is 0.829. The fourth-order valence-electron chi connectivity index (χ4n) is 1.24. The van der Waals surface area contributed by atoms with Crippen LogP contribution in [-0.2, 0) is 0 Å². The summed E-state index contributed by atoms with van der Waals surface area (Å²) in [7, 11) is 1.58. The van der Waals surface area contributed by atoms with E-state index in [0.29, 0.717) is 5.88 Å². The number of aromatic nitrogens is 1. The fourth-order valence-corrected chi connectivity index (χ4v) is 1.24. The highest BCUT2D eigenvalue weighted by molar-refractivity contribution is 5.19. The molecule has 1 rings (SSSR count). The molecule has 0 aliphatic carbocycles. The van der Waals surface area contributed by atoms with E-state index in [-0.39, 0.29) is 5.92 Å². The lowest BCUT2D eigenvalue weighted by Gasteiger charge is -2.16. The third kappa shape index (κ3) is 2.45. The number of aliphatic hydroxyl groups excluding tert-OH is 1. The highest BCUT2D eigenvalue weighted by Gasteiger charge is 2.14. The monoisotopic (exact) mass is 195 g/mol. The van der Waals surface area contributed by atoms with Gasteiger partial charge in [-0.2, -0.15) is 0 Å². The molecule has 0 saturated heterocycles. The van der Waals surface area contributed by atoms with Crippen LogP contribution in [0.4, 0.5) is 0 Å². The lowest BCUT2D eigenvalue weighted by Crippen LogP contribution is -2.08. The zero-order valence-electron chi connectivity index (χ0n) is 8.90. The van der Waals surface area contributed by atoms with Crippen LogP contribution in [0, 0.1) is 5.92 Å². The van der Waals surface area contributed by atoms with Crippen molar-refractivity contribution >= 4 is 0 Å². The molecular formula is C11H17NO2. The number of pyridine rings is 1. The van der Waals surface area contributed by atoms with Crippen LogP contribution in [0.25, 0.3) is 0 Å². The minimum absolute atomic E-state index is 0.255. The molecule has 0 saturated carbocycles. The number of hydrogen-bond donors (Lipinski definition) is 1. The first-order valence-electron chi connectivity index (χ1n) is 4.87. The molecule has 0 bridgehead atoms. The van der Waals surface area contributed by atoms with E-state index >= 15 is 0 Å². The highest BCUT2D eigenvalue weighted by atomic mass is 16.5. The summed E-state index contributed by atoms with van der Waals surface area (Å²) < 4.78 is 4.94.